The molecule has 2 aromatic heterocycles. The lowest BCUT2D eigenvalue weighted by atomic mass is 10.0. The van der Waals surface area contributed by atoms with Crippen LogP contribution in [0.1, 0.15) is 16.0 Å². The van der Waals surface area contributed by atoms with Gasteiger partial charge in [0, 0.05) is 10.4 Å². The fourth-order valence-electron chi connectivity index (χ4n) is 2.07. The first kappa shape index (κ1) is 11.2. The molecule has 0 unspecified atom stereocenters. The number of thiazole rings is 1. The van der Waals surface area contributed by atoms with E-state index in [1.54, 1.807) is 11.3 Å². The molecule has 0 amide bonds. The second kappa shape index (κ2) is 3.81. The average molecular weight is 258 g/mol. The molecule has 5 heteroatoms. The van der Waals surface area contributed by atoms with Crippen molar-refractivity contribution in [2.75, 3.05) is 5.73 Å². The van der Waals surface area contributed by atoms with E-state index in [9.17, 15) is 0 Å². The summed E-state index contributed by atoms with van der Waals surface area (Å²) in [5.41, 5.74) is 10.5. The van der Waals surface area contributed by atoms with Crippen molar-refractivity contribution in [1.29, 1.82) is 0 Å². The summed E-state index contributed by atoms with van der Waals surface area (Å²) in [7, 11) is 0. The van der Waals surface area contributed by atoms with Crippen molar-refractivity contribution in [3.05, 3.63) is 34.2 Å². The molecule has 3 aromatic rings. The Labute approximate surface area is 109 Å². The number of nitrogen functional groups attached to an aromatic ring is 1. The number of nitrogens with zero attached hydrogens (tertiary/aromatic N) is 3. The summed E-state index contributed by atoms with van der Waals surface area (Å²) in [5.74, 6) is 0.325. The molecule has 2 N–H and O–H groups in total. The molecule has 2 heterocycles. The van der Waals surface area contributed by atoms with Gasteiger partial charge in [-0.05, 0) is 38.0 Å². The zero-order valence-corrected chi connectivity index (χ0v) is 11.4. The number of aromatic nitrogens is 3. The van der Waals surface area contributed by atoms with E-state index >= 15 is 0 Å². The molecule has 0 saturated heterocycles. The third kappa shape index (κ3) is 1.59. The van der Waals surface area contributed by atoms with E-state index < -0.39 is 0 Å². The lowest BCUT2D eigenvalue weighted by Crippen LogP contribution is -1.93. The van der Waals surface area contributed by atoms with Gasteiger partial charge in [0.05, 0.1) is 5.69 Å². The van der Waals surface area contributed by atoms with Gasteiger partial charge in [-0.3, -0.25) is 0 Å². The Balaban J connectivity index is 2.29. The third-order valence-electron chi connectivity index (χ3n) is 3.16. The van der Waals surface area contributed by atoms with Crippen molar-refractivity contribution in [2.24, 2.45) is 0 Å². The van der Waals surface area contributed by atoms with Crippen molar-refractivity contribution in [2.45, 2.75) is 20.8 Å². The van der Waals surface area contributed by atoms with Crippen molar-refractivity contribution in [1.82, 2.24) is 14.6 Å². The van der Waals surface area contributed by atoms with E-state index in [-0.39, 0.29) is 0 Å². The molecule has 0 saturated carbocycles. The predicted molar refractivity (Wildman–Crippen MR) is 74.9 cm³/mol. The van der Waals surface area contributed by atoms with Crippen molar-refractivity contribution < 1.29 is 0 Å². The molecular weight excluding hydrogens is 244 g/mol. The Morgan fingerprint density at radius 3 is 2.67 bits per heavy atom. The van der Waals surface area contributed by atoms with Gasteiger partial charge in [0.25, 0.3) is 0 Å². The minimum atomic E-state index is 0.325. The smallest absolute Gasteiger partial charge is 0.241 e. The Morgan fingerprint density at radius 2 is 1.94 bits per heavy atom. The van der Waals surface area contributed by atoms with Gasteiger partial charge in [-0.15, -0.1) is 5.10 Å². The van der Waals surface area contributed by atoms with E-state index in [1.807, 2.05) is 4.52 Å². The molecule has 0 radical (unpaired) electrons. The summed E-state index contributed by atoms with van der Waals surface area (Å²) in [4.78, 5) is 6.26. The maximum absolute atomic E-state index is 5.65. The number of aryl methyl sites for hydroxylation is 3. The van der Waals surface area contributed by atoms with E-state index in [0.29, 0.717) is 5.95 Å². The van der Waals surface area contributed by atoms with Crippen LogP contribution in [0.5, 0.6) is 0 Å². The SMILES string of the molecule is Cc1ccc(-c2c(C)sc3nc(N)nn23)cc1C. The third-order valence-corrected chi connectivity index (χ3v) is 4.11. The molecule has 0 aliphatic carbocycles. The highest BCUT2D eigenvalue weighted by Crippen LogP contribution is 2.31. The highest BCUT2D eigenvalue weighted by Gasteiger charge is 2.14. The molecule has 4 nitrogen and oxygen atoms in total. The second-order valence-electron chi connectivity index (χ2n) is 4.47. The highest BCUT2D eigenvalue weighted by atomic mass is 32.1. The maximum atomic E-state index is 5.65. The molecule has 0 atom stereocenters. The van der Waals surface area contributed by atoms with Crippen LogP contribution < -0.4 is 5.73 Å². The Kier molecular flexibility index (Phi) is 2.38. The molecule has 1 aromatic carbocycles. The summed E-state index contributed by atoms with van der Waals surface area (Å²) < 4.78 is 1.83. The Bertz CT molecular complexity index is 739. The molecular formula is C13H14N4S. The number of nitrogens with two attached hydrogens (primary N) is 1. The topological polar surface area (TPSA) is 56.2 Å². The lowest BCUT2D eigenvalue weighted by molar-refractivity contribution is 0.987. The number of anilines is 1. The first-order chi connectivity index (χ1) is 8.56. The second-order valence-corrected chi connectivity index (χ2v) is 5.65. The number of fused-ring (bicyclic) bond motifs is 1. The first-order valence-electron chi connectivity index (χ1n) is 5.75. The number of hydrogen-bond donors (Lipinski definition) is 1. The predicted octanol–water partition coefficient (Wildman–Crippen LogP) is 2.97. The molecule has 92 valence electrons. The van der Waals surface area contributed by atoms with Gasteiger partial charge in [0.1, 0.15) is 0 Å². The van der Waals surface area contributed by atoms with E-state index in [4.69, 9.17) is 5.73 Å². The van der Waals surface area contributed by atoms with Crippen LogP contribution in [0.25, 0.3) is 16.2 Å². The van der Waals surface area contributed by atoms with Crippen molar-refractivity contribution in [3.63, 3.8) is 0 Å². The molecule has 0 aliphatic rings. The molecule has 3 rings (SSSR count). The Hall–Kier alpha value is -1.88. The Morgan fingerprint density at radius 1 is 1.17 bits per heavy atom. The molecule has 0 fully saturated rings. The number of benzene rings is 1. The summed E-state index contributed by atoms with van der Waals surface area (Å²) in [6.07, 6.45) is 0. The molecule has 0 spiro atoms. The standard InChI is InChI=1S/C13H14N4S/c1-7-4-5-10(6-8(7)2)11-9(3)18-13-15-12(14)16-17(11)13/h4-6H,1-3H3,(H2,14,16). The van der Waals surface area contributed by atoms with Crippen LogP contribution in [0.3, 0.4) is 0 Å². The minimum Gasteiger partial charge on any atom is -0.366 e. The van der Waals surface area contributed by atoms with Gasteiger partial charge in [-0.1, -0.05) is 23.5 Å². The molecule has 0 aliphatic heterocycles. The average Bonchev–Trinajstić information content (AvgIpc) is 2.77. The van der Waals surface area contributed by atoms with Gasteiger partial charge in [-0.25, -0.2) is 4.52 Å². The van der Waals surface area contributed by atoms with Gasteiger partial charge >= 0.3 is 0 Å². The zero-order valence-electron chi connectivity index (χ0n) is 10.6. The van der Waals surface area contributed by atoms with Crippen LogP contribution in [0.15, 0.2) is 18.2 Å². The fraction of sp³-hybridized carbons (Fsp3) is 0.231. The van der Waals surface area contributed by atoms with E-state index in [0.717, 1.165) is 16.2 Å². The van der Waals surface area contributed by atoms with Gasteiger partial charge in [0.15, 0.2) is 0 Å². The van der Waals surface area contributed by atoms with Crippen LogP contribution in [0, 0.1) is 20.8 Å². The van der Waals surface area contributed by atoms with Crippen molar-refractivity contribution in [3.8, 4) is 11.3 Å². The largest absolute Gasteiger partial charge is 0.366 e. The monoisotopic (exact) mass is 258 g/mol. The van der Waals surface area contributed by atoms with Gasteiger partial charge in [0.2, 0.25) is 10.9 Å². The molecule has 18 heavy (non-hydrogen) atoms. The zero-order chi connectivity index (χ0) is 12.9. The number of hydrogen-bond acceptors (Lipinski definition) is 4. The lowest BCUT2D eigenvalue weighted by Gasteiger charge is -2.05. The van der Waals surface area contributed by atoms with E-state index in [2.05, 4.69) is 49.1 Å². The normalized spacial score (nSPS) is 11.3. The van der Waals surface area contributed by atoms with Crippen LogP contribution in [-0.4, -0.2) is 14.6 Å². The quantitative estimate of drug-likeness (QED) is 0.730. The highest BCUT2D eigenvalue weighted by molar-refractivity contribution is 7.17. The van der Waals surface area contributed by atoms with Crippen LogP contribution in [0.2, 0.25) is 0 Å². The summed E-state index contributed by atoms with van der Waals surface area (Å²) in [6.45, 7) is 6.32. The van der Waals surface area contributed by atoms with E-state index in [1.165, 1.54) is 16.0 Å². The van der Waals surface area contributed by atoms with Crippen LogP contribution >= 0.6 is 11.3 Å². The van der Waals surface area contributed by atoms with Crippen molar-refractivity contribution >= 4 is 22.2 Å². The van der Waals surface area contributed by atoms with Gasteiger partial charge < -0.3 is 5.73 Å². The summed E-state index contributed by atoms with van der Waals surface area (Å²) in [6, 6.07) is 6.43. The summed E-state index contributed by atoms with van der Waals surface area (Å²) >= 11 is 1.61. The van der Waals surface area contributed by atoms with Crippen LogP contribution in [-0.2, 0) is 0 Å². The van der Waals surface area contributed by atoms with Gasteiger partial charge in [-0.2, -0.15) is 4.98 Å². The first-order valence-corrected chi connectivity index (χ1v) is 6.57. The summed E-state index contributed by atoms with van der Waals surface area (Å²) in [5, 5.41) is 4.26. The molecule has 0 bridgehead atoms. The van der Waals surface area contributed by atoms with Crippen LogP contribution in [0.4, 0.5) is 5.95 Å². The maximum Gasteiger partial charge on any atom is 0.241 e. The minimum absolute atomic E-state index is 0.325. The fourth-order valence-corrected chi connectivity index (χ4v) is 3.01. The number of rotatable bonds is 1.